The predicted molar refractivity (Wildman–Crippen MR) is 65.1 cm³/mol. The van der Waals surface area contributed by atoms with Crippen molar-refractivity contribution in [3.63, 3.8) is 0 Å². The van der Waals surface area contributed by atoms with Crippen LogP contribution in [-0.4, -0.2) is 5.25 Å². The van der Waals surface area contributed by atoms with Crippen LogP contribution in [0.5, 0.6) is 0 Å². The Morgan fingerprint density at radius 3 is 2.54 bits per heavy atom. The Morgan fingerprint density at radius 2 is 1.92 bits per heavy atom. The van der Waals surface area contributed by atoms with Crippen LogP contribution >= 0.6 is 21.6 Å². The molecule has 0 N–H and O–H groups in total. The molecular weight excluding hydrogens is 196 g/mol. The molecule has 0 saturated heterocycles. The first-order valence-electron chi connectivity index (χ1n) is 4.65. The fourth-order valence-corrected chi connectivity index (χ4v) is 3.34. The van der Waals surface area contributed by atoms with Crippen LogP contribution in [0.1, 0.15) is 25.8 Å². The molecule has 2 heteroatoms. The van der Waals surface area contributed by atoms with E-state index < -0.39 is 0 Å². The Morgan fingerprint density at radius 1 is 1.23 bits per heavy atom. The highest BCUT2D eigenvalue weighted by atomic mass is 33.1. The maximum Gasteiger partial charge on any atom is 0.0288 e. The van der Waals surface area contributed by atoms with Gasteiger partial charge >= 0.3 is 0 Å². The Bertz CT molecular complexity index is 221. The first-order chi connectivity index (χ1) is 6.33. The van der Waals surface area contributed by atoms with Gasteiger partial charge in [-0.2, -0.15) is 0 Å². The molecule has 0 amide bonds. The second kappa shape index (κ2) is 6.39. The summed E-state index contributed by atoms with van der Waals surface area (Å²) in [5.74, 6) is 1.12. The maximum absolute atomic E-state index is 2.28. The molecule has 13 heavy (non-hydrogen) atoms. The zero-order valence-corrected chi connectivity index (χ0v) is 9.83. The molecule has 0 aromatic heterocycles. The third kappa shape index (κ3) is 4.63. The summed E-state index contributed by atoms with van der Waals surface area (Å²) in [5, 5.41) is 0.772. The third-order valence-corrected chi connectivity index (χ3v) is 4.87. The van der Waals surface area contributed by atoms with Crippen LogP contribution in [0, 0.1) is 0 Å². The largest absolute Gasteiger partial charge is 0.0907 e. The van der Waals surface area contributed by atoms with Crippen molar-refractivity contribution < 1.29 is 0 Å². The Balaban J connectivity index is 2.20. The summed E-state index contributed by atoms with van der Waals surface area (Å²) in [5.41, 5.74) is 1.42. The van der Waals surface area contributed by atoms with Crippen LogP contribution in [0.15, 0.2) is 30.3 Å². The van der Waals surface area contributed by atoms with Gasteiger partial charge < -0.3 is 0 Å². The molecule has 1 rings (SSSR count). The molecule has 0 nitrogen and oxygen atoms in total. The third-order valence-electron chi connectivity index (χ3n) is 1.88. The van der Waals surface area contributed by atoms with Crippen molar-refractivity contribution in [1.82, 2.24) is 0 Å². The number of rotatable bonds is 5. The Hall–Kier alpha value is -0.0800. The minimum atomic E-state index is 0.772. The first-order valence-corrected chi connectivity index (χ1v) is 7.03. The molecule has 72 valence electrons. The van der Waals surface area contributed by atoms with Crippen molar-refractivity contribution >= 4 is 21.6 Å². The van der Waals surface area contributed by atoms with Crippen molar-refractivity contribution in [2.75, 3.05) is 0 Å². The molecule has 1 aromatic carbocycles. The molecule has 0 aliphatic carbocycles. The summed E-state index contributed by atoms with van der Waals surface area (Å²) >= 11 is 0. The van der Waals surface area contributed by atoms with Gasteiger partial charge in [-0.3, -0.25) is 0 Å². The molecule has 0 radical (unpaired) electrons. The molecule has 0 aliphatic rings. The lowest BCUT2D eigenvalue weighted by molar-refractivity contribution is 0.912. The van der Waals surface area contributed by atoms with Crippen molar-refractivity contribution in [3.05, 3.63) is 35.9 Å². The van der Waals surface area contributed by atoms with Gasteiger partial charge in [-0.25, -0.2) is 0 Å². The molecule has 0 aliphatic heterocycles. The number of benzene rings is 1. The lowest BCUT2D eigenvalue weighted by atomic mass is 10.2. The Kier molecular flexibility index (Phi) is 5.40. The molecule has 0 heterocycles. The van der Waals surface area contributed by atoms with Crippen molar-refractivity contribution in [3.8, 4) is 0 Å². The average molecular weight is 212 g/mol. The van der Waals surface area contributed by atoms with Gasteiger partial charge in [-0.1, -0.05) is 65.8 Å². The average Bonchev–Trinajstić information content (AvgIpc) is 2.19. The van der Waals surface area contributed by atoms with Crippen LogP contribution in [0.4, 0.5) is 0 Å². The summed E-state index contributed by atoms with van der Waals surface area (Å²) < 4.78 is 0. The highest BCUT2D eigenvalue weighted by Gasteiger charge is 1.99. The van der Waals surface area contributed by atoms with Crippen molar-refractivity contribution in [2.45, 2.75) is 31.3 Å². The molecule has 1 unspecified atom stereocenters. The standard InChI is InChI=1S/C11H16S2/c1-3-10(2)13-12-9-11-7-5-4-6-8-11/h4-8,10H,3,9H2,1-2H3. The summed E-state index contributed by atoms with van der Waals surface area (Å²) in [6.45, 7) is 4.52. The van der Waals surface area contributed by atoms with Crippen LogP contribution in [0.3, 0.4) is 0 Å². The molecule has 1 atom stereocenters. The van der Waals surface area contributed by atoms with Gasteiger partial charge in [-0.15, -0.1) is 0 Å². The van der Waals surface area contributed by atoms with Crippen LogP contribution in [-0.2, 0) is 5.75 Å². The molecule has 0 saturated carbocycles. The maximum atomic E-state index is 2.28. The quantitative estimate of drug-likeness (QED) is 0.665. The van der Waals surface area contributed by atoms with E-state index in [2.05, 4.69) is 44.2 Å². The predicted octanol–water partition coefficient (Wildman–Crippen LogP) is 4.37. The normalized spacial score (nSPS) is 12.8. The number of hydrogen-bond donors (Lipinski definition) is 0. The summed E-state index contributed by atoms with van der Waals surface area (Å²) in [4.78, 5) is 0. The molecule has 0 fully saturated rings. The van der Waals surface area contributed by atoms with E-state index in [0.717, 1.165) is 11.0 Å². The van der Waals surface area contributed by atoms with E-state index in [1.807, 2.05) is 21.6 Å². The van der Waals surface area contributed by atoms with E-state index in [4.69, 9.17) is 0 Å². The van der Waals surface area contributed by atoms with E-state index in [9.17, 15) is 0 Å². The second-order valence-electron chi connectivity index (χ2n) is 3.06. The van der Waals surface area contributed by atoms with Crippen LogP contribution in [0.25, 0.3) is 0 Å². The minimum absolute atomic E-state index is 0.772. The highest BCUT2D eigenvalue weighted by Crippen LogP contribution is 2.31. The van der Waals surface area contributed by atoms with Gasteiger partial charge in [-0.05, 0) is 12.0 Å². The number of hydrogen-bond acceptors (Lipinski definition) is 2. The van der Waals surface area contributed by atoms with Crippen molar-refractivity contribution in [1.29, 1.82) is 0 Å². The second-order valence-corrected chi connectivity index (χ2v) is 5.87. The zero-order valence-electron chi connectivity index (χ0n) is 8.19. The van der Waals surface area contributed by atoms with E-state index >= 15 is 0 Å². The van der Waals surface area contributed by atoms with E-state index in [-0.39, 0.29) is 0 Å². The summed E-state index contributed by atoms with van der Waals surface area (Å²) in [7, 11) is 3.94. The van der Waals surface area contributed by atoms with Gasteiger partial charge in [0.05, 0.1) is 0 Å². The first kappa shape index (κ1) is 11.0. The SMILES string of the molecule is CCC(C)SSCc1ccccc1. The van der Waals surface area contributed by atoms with Gasteiger partial charge in [0.25, 0.3) is 0 Å². The minimum Gasteiger partial charge on any atom is -0.0907 e. The van der Waals surface area contributed by atoms with Crippen molar-refractivity contribution in [2.24, 2.45) is 0 Å². The van der Waals surface area contributed by atoms with E-state index in [0.29, 0.717) is 0 Å². The molecular formula is C11H16S2. The van der Waals surface area contributed by atoms with Gasteiger partial charge in [0.2, 0.25) is 0 Å². The smallest absolute Gasteiger partial charge is 0.0288 e. The van der Waals surface area contributed by atoms with Gasteiger partial charge in [0.1, 0.15) is 0 Å². The molecule has 1 aromatic rings. The fourth-order valence-electron chi connectivity index (χ4n) is 0.860. The summed E-state index contributed by atoms with van der Waals surface area (Å²) in [6.07, 6.45) is 1.26. The van der Waals surface area contributed by atoms with Gasteiger partial charge in [0.15, 0.2) is 0 Å². The topological polar surface area (TPSA) is 0 Å². The van der Waals surface area contributed by atoms with E-state index in [1.165, 1.54) is 12.0 Å². The fraction of sp³-hybridized carbons (Fsp3) is 0.455. The lowest BCUT2D eigenvalue weighted by Crippen LogP contribution is -1.88. The van der Waals surface area contributed by atoms with Crippen LogP contribution in [0.2, 0.25) is 0 Å². The zero-order chi connectivity index (χ0) is 9.52. The molecule has 0 bridgehead atoms. The van der Waals surface area contributed by atoms with E-state index in [1.54, 1.807) is 0 Å². The highest BCUT2D eigenvalue weighted by molar-refractivity contribution is 8.76. The van der Waals surface area contributed by atoms with Crippen LogP contribution < -0.4 is 0 Å². The Labute approximate surface area is 88.9 Å². The molecule has 0 spiro atoms. The lowest BCUT2D eigenvalue weighted by Gasteiger charge is -2.06. The monoisotopic (exact) mass is 212 g/mol. The van der Waals surface area contributed by atoms with Gasteiger partial charge in [0, 0.05) is 11.0 Å². The summed E-state index contributed by atoms with van der Waals surface area (Å²) in [6, 6.07) is 10.6.